The molecule has 1 aliphatic heterocycles. The number of hydrogen-bond donors (Lipinski definition) is 1. The zero-order chi connectivity index (χ0) is 24.7. The van der Waals surface area contributed by atoms with Crippen LogP contribution in [0, 0.1) is 0 Å². The number of nitrogens with zero attached hydrogens (tertiary/aromatic N) is 1. The zero-order valence-corrected chi connectivity index (χ0v) is 20.7. The molecular weight excluding hydrogens is 472 g/mol. The van der Waals surface area contributed by atoms with Crippen molar-refractivity contribution in [2.24, 2.45) is 0 Å². The number of rotatable bonds is 6. The van der Waals surface area contributed by atoms with Crippen molar-refractivity contribution in [2.75, 3.05) is 12.8 Å². The Labute approximate surface area is 200 Å². The van der Waals surface area contributed by atoms with E-state index in [0.29, 0.717) is 16.7 Å². The van der Waals surface area contributed by atoms with E-state index >= 15 is 0 Å². The van der Waals surface area contributed by atoms with Crippen molar-refractivity contribution < 1.29 is 21.6 Å². The lowest BCUT2D eigenvalue weighted by atomic mass is 9.98. The molecule has 4 rings (SSSR count). The number of carbonyl (C=O) groups is 1. The van der Waals surface area contributed by atoms with E-state index in [4.69, 9.17) is 0 Å². The number of carbonyl (C=O) groups excluding carboxylic acids is 1. The largest absolute Gasteiger partial charge is 0.334 e. The summed E-state index contributed by atoms with van der Waals surface area (Å²) >= 11 is 0. The van der Waals surface area contributed by atoms with Gasteiger partial charge in [0.15, 0.2) is 14.7 Å². The highest BCUT2D eigenvalue weighted by Gasteiger charge is 2.58. The van der Waals surface area contributed by atoms with Crippen LogP contribution in [0.3, 0.4) is 0 Å². The number of nitrogens with one attached hydrogen (secondary N) is 1. The summed E-state index contributed by atoms with van der Waals surface area (Å²) in [5.41, 5.74) is 1.70. The minimum atomic E-state index is -4.06. The smallest absolute Gasteiger partial charge is 0.319 e. The third kappa shape index (κ3) is 3.88. The molecule has 7 nitrogen and oxygen atoms in total. The van der Waals surface area contributed by atoms with Crippen LogP contribution in [0.4, 0.5) is 4.79 Å². The third-order valence-corrected chi connectivity index (χ3v) is 9.48. The molecule has 1 unspecified atom stereocenters. The molecule has 178 valence electrons. The van der Waals surface area contributed by atoms with Crippen LogP contribution in [0.25, 0.3) is 11.1 Å². The van der Waals surface area contributed by atoms with Gasteiger partial charge in [0, 0.05) is 12.3 Å². The van der Waals surface area contributed by atoms with Crippen molar-refractivity contribution in [1.29, 1.82) is 0 Å². The van der Waals surface area contributed by atoms with Gasteiger partial charge in [0.25, 0.3) is 0 Å². The Hall–Kier alpha value is -3.17. The molecule has 1 saturated heterocycles. The SMILES string of the molecule is CC(C)N1C(=O)NCC1(c1cccc(-c2cccc(S(C)(=O)=O)c2)c1)S(=O)(=O)c1ccccc1. The van der Waals surface area contributed by atoms with Gasteiger partial charge in [-0.2, -0.15) is 0 Å². The molecular formula is C25H26N2O5S2. The quantitative estimate of drug-likeness (QED) is 0.557. The molecule has 0 spiro atoms. The van der Waals surface area contributed by atoms with Crippen molar-refractivity contribution >= 4 is 25.7 Å². The fraction of sp³-hybridized carbons (Fsp3) is 0.240. The van der Waals surface area contributed by atoms with Crippen molar-refractivity contribution in [3.63, 3.8) is 0 Å². The van der Waals surface area contributed by atoms with Crippen LogP contribution >= 0.6 is 0 Å². The topological polar surface area (TPSA) is 101 Å². The first-order valence-electron chi connectivity index (χ1n) is 10.8. The lowest BCUT2D eigenvalue weighted by Gasteiger charge is -2.39. The van der Waals surface area contributed by atoms with Crippen LogP contribution in [-0.2, 0) is 24.5 Å². The van der Waals surface area contributed by atoms with Gasteiger partial charge in [-0.25, -0.2) is 21.6 Å². The van der Waals surface area contributed by atoms with Crippen molar-refractivity contribution in [2.45, 2.75) is 34.6 Å². The van der Waals surface area contributed by atoms with Crippen LogP contribution in [0.1, 0.15) is 19.4 Å². The van der Waals surface area contributed by atoms with Crippen LogP contribution in [0.2, 0.25) is 0 Å². The van der Waals surface area contributed by atoms with Gasteiger partial charge < -0.3 is 5.32 Å². The summed E-state index contributed by atoms with van der Waals surface area (Å²) in [7, 11) is -7.48. The highest BCUT2D eigenvalue weighted by molar-refractivity contribution is 7.92. The first kappa shape index (κ1) is 24.0. The summed E-state index contributed by atoms with van der Waals surface area (Å²) in [5.74, 6) is 0. The second-order valence-electron chi connectivity index (χ2n) is 8.60. The number of urea groups is 1. The molecule has 9 heteroatoms. The fourth-order valence-corrected chi connectivity index (χ4v) is 7.27. The van der Waals surface area contributed by atoms with Gasteiger partial charge in [-0.05, 0) is 60.9 Å². The van der Waals surface area contributed by atoms with E-state index in [2.05, 4.69) is 5.32 Å². The molecule has 0 saturated carbocycles. The van der Waals surface area contributed by atoms with E-state index in [1.54, 1.807) is 74.5 Å². The molecule has 0 radical (unpaired) electrons. The van der Waals surface area contributed by atoms with Crippen molar-refractivity contribution in [3.8, 4) is 11.1 Å². The van der Waals surface area contributed by atoms with Gasteiger partial charge in [-0.15, -0.1) is 0 Å². The Kier molecular flexibility index (Phi) is 6.03. The Morgan fingerprint density at radius 1 is 0.824 bits per heavy atom. The average molecular weight is 499 g/mol. The van der Waals surface area contributed by atoms with E-state index < -0.39 is 36.6 Å². The molecule has 2 amide bonds. The second kappa shape index (κ2) is 8.56. The average Bonchev–Trinajstić information content (AvgIpc) is 3.18. The molecule has 1 fully saturated rings. The normalized spacial score (nSPS) is 18.8. The third-order valence-electron chi connectivity index (χ3n) is 6.01. The van der Waals surface area contributed by atoms with Crippen molar-refractivity contribution in [1.82, 2.24) is 10.2 Å². The fourth-order valence-electron chi connectivity index (χ4n) is 4.44. The highest BCUT2D eigenvalue weighted by atomic mass is 32.2. The number of benzene rings is 3. The van der Waals surface area contributed by atoms with Gasteiger partial charge in [-0.1, -0.05) is 48.5 Å². The van der Waals surface area contributed by atoms with Crippen molar-refractivity contribution in [3.05, 3.63) is 84.4 Å². The van der Waals surface area contributed by atoms with Gasteiger partial charge in [0.1, 0.15) is 0 Å². The maximum atomic E-state index is 14.1. The molecule has 1 N–H and O–H groups in total. The lowest BCUT2D eigenvalue weighted by molar-refractivity contribution is 0.170. The molecule has 1 atom stereocenters. The number of sulfone groups is 2. The monoisotopic (exact) mass is 498 g/mol. The summed E-state index contributed by atoms with van der Waals surface area (Å²) < 4.78 is 52.4. The van der Waals surface area contributed by atoms with E-state index in [0.717, 1.165) is 6.26 Å². The molecule has 1 heterocycles. The second-order valence-corrected chi connectivity index (χ2v) is 12.8. The lowest BCUT2D eigenvalue weighted by Crippen LogP contribution is -2.53. The molecule has 3 aromatic carbocycles. The number of amides is 2. The summed E-state index contributed by atoms with van der Waals surface area (Å²) in [6.45, 7) is 3.44. The van der Waals surface area contributed by atoms with E-state index in [1.807, 2.05) is 0 Å². The summed E-state index contributed by atoms with van der Waals surface area (Å²) in [6, 6.07) is 20.6. The van der Waals surface area contributed by atoms with Gasteiger partial charge in [0.05, 0.1) is 16.3 Å². The molecule has 0 aromatic heterocycles. The maximum absolute atomic E-state index is 14.1. The summed E-state index contributed by atoms with van der Waals surface area (Å²) in [5, 5.41) is 2.73. The summed E-state index contributed by atoms with van der Waals surface area (Å²) in [6.07, 6.45) is 1.14. The van der Waals surface area contributed by atoms with Gasteiger partial charge in [-0.3, -0.25) is 4.90 Å². The predicted molar refractivity (Wildman–Crippen MR) is 131 cm³/mol. The summed E-state index contributed by atoms with van der Waals surface area (Å²) in [4.78, 5) is 12.9. The zero-order valence-electron chi connectivity index (χ0n) is 19.1. The first-order valence-corrected chi connectivity index (χ1v) is 14.1. The molecule has 34 heavy (non-hydrogen) atoms. The van der Waals surface area contributed by atoms with Gasteiger partial charge in [0.2, 0.25) is 9.84 Å². The Bertz CT molecular complexity index is 1450. The molecule has 1 aliphatic rings. The van der Waals surface area contributed by atoms with Crippen LogP contribution < -0.4 is 5.32 Å². The van der Waals surface area contributed by atoms with Crippen LogP contribution in [0.15, 0.2) is 88.7 Å². The molecule has 0 bridgehead atoms. The van der Waals surface area contributed by atoms with Crippen LogP contribution in [0.5, 0.6) is 0 Å². The molecule has 3 aromatic rings. The standard InChI is InChI=1S/C25H26N2O5S2/c1-18(2)27-24(28)26-17-25(27,34(31,32)22-12-5-4-6-13-22)21-11-7-9-19(15-21)20-10-8-14-23(16-20)33(3,29)30/h4-16,18H,17H2,1-3H3,(H,26,28). The Morgan fingerprint density at radius 2 is 1.41 bits per heavy atom. The minimum Gasteiger partial charge on any atom is -0.334 e. The van der Waals surface area contributed by atoms with E-state index in [1.165, 1.54) is 23.1 Å². The maximum Gasteiger partial charge on any atom is 0.319 e. The Morgan fingerprint density at radius 3 is 2.03 bits per heavy atom. The Balaban J connectivity index is 1.96. The van der Waals surface area contributed by atoms with Crippen LogP contribution in [-0.4, -0.2) is 46.6 Å². The van der Waals surface area contributed by atoms with E-state index in [-0.39, 0.29) is 16.3 Å². The van der Waals surface area contributed by atoms with Gasteiger partial charge >= 0.3 is 6.03 Å². The minimum absolute atomic E-state index is 0.113. The van der Waals surface area contributed by atoms with E-state index in [9.17, 15) is 21.6 Å². The molecule has 0 aliphatic carbocycles. The predicted octanol–water partition coefficient (Wildman–Crippen LogP) is 3.82. The first-order chi connectivity index (χ1) is 16.0. The number of hydrogen-bond acceptors (Lipinski definition) is 5. The highest BCUT2D eigenvalue weighted by Crippen LogP contribution is 2.43.